The van der Waals surface area contributed by atoms with Crippen molar-refractivity contribution in [2.24, 2.45) is 11.7 Å². The van der Waals surface area contributed by atoms with Gasteiger partial charge in [-0.3, -0.25) is 10.1 Å². The van der Waals surface area contributed by atoms with Gasteiger partial charge in [-0.2, -0.15) is 0 Å². The van der Waals surface area contributed by atoms with Gasteiger partial charge in [-0.25, -0.2) is 0 Å². The first kappa shape index (κ1) is 12.4. The topological polar surface area (TPSA) is 69.2 Å². The molecule has 0 unspecified atom stereocenters. The van der Waals surface area contributed by atoms with Crippen molar-refractivity contribution in [3.63, 3.8) is 0 Å². The highest BCUT2D eigenvalue weighted by atomic mass is 35.5. The van der Waals surface area contributed by atoms with Gasteiger partial charge in [-0.05, 0) is 17.9 Å². The summed E-state index contributed by atoms with van der Waals surface area (Å²) in [6.45, 7) is 0. The van der Waals surface area contributed by atoms with E-state index in [2.05, 4.69) is 0 Å². The van der Waals surface area contributed by atoms with Gasteiger partial charge < -0.3 is 5.73 Å². The lowest BCUT2D eigenvalue weighted by Crippen LogP contribution is -2.09. The Morgan fingerprint density at radius 1 is 1.67 bits per heavy atom. The predicted octanol–water partition coefficient (Wildman–Crippen LogP) is 2.88. The van der Waals surface area contributed by atoms with Gasteiger partial charge >= 0.3 is 5.00 Å². The van der Waals surface area contributed by atoms with Crippen LogP contribution in [0.25, 0.3) is 0 Å². The molecule has 84 valence electrons. The van der Waals surface area contributed by atoms with Crippen LogP contribution in [0.4, 0.5) is 5.00 Å². The van der Waals surface area contributed by atoms with Crippen LogP contribution < -0.4 is 5.73 Å². The Labute approximate surface area is 98.0 Å². The van der Waals surface area contributed by atoms with Gasteiger partial charge in [0.25, 0.3) is 0 Å². The van der Waals surface area contributed by atoms with Crippen LogP contribution in [-0.2, 0) is 0 Å². The Morgan fingerprint density at radius 2 is 2.33 bits per heavy atom. The predicted molar refractivity (Wildman–Crippen MR) is 62.5 cm³/mol. The monoisotopic (exact) mass is 248 g/mol. The van der Waals surface area contributed by atoms with Gasteiger partial charge in [0.15, 0.2) is 0 Å². The van der Waals surface area contributed by atoms with Gasteiger partial charge in [0.1, 0.15) is 0 Å². The number of nitrogens with two attached hydrogens (primary N) is 1. The first-order valence-corrected chi connectivity index (χ1v) is 5.53. The van der Waals surface area contributed by atoms with Gasteiger partial charge in [0.05, 0.1) is 4.92 Å². The van der Waals surface area contributed by atoms with Crippen molar-refractivity contribution in [3.05, 3.63) is 27.1 Å². The summed E-state index contributed by atoms with van der Waals surface area (Å²) in [6, 6.07) is 1.57. The minimum absolute atomic E-state index is 0. The summed E-state index contributed by atoms with van der Waals surface area (Å²) < 4.78 is 0. The minimum Gasteiger partial charge on any atom is -0.324 e. The molecule has 0 bridgehead atoms. The normalized spacial score (nSPS) is 16.9. The van der Waals surface area contributed by atoms with Crippen molar-refractivity contribution in [1.29, 1.82) is 0 Å². The number of rotatable bonds is 4. The van der Waals surface area contributed by atoms with Gasteiger partial charge in [-0.1, -0.05) is 24.2 Å². The van der Waals surface area contributed by atoms with Crippen molar-refractivity contribution < 1.29 is 4.92 Å². The molecule has 1 fully saturated rings. The number of nitro groups is 1. The van der Waals surface area contributed by atoms with E-state index in [9.17, 15) is 10.1 Å². The fourth-order valence-corrected chi connectivity index (χ4v) is 2.27. The molecule has 2 rings (SSSR count). The number of nitrogens with zero attached hydrogens (tertiary/aromatic N) is 1. The second-order valence-corrected chi connectivity index (χ2v) is 4.65. The van der Waals surface area contributed by atoms with E-state index in [1.54, 1.807) is 11.4 Å². The molecule has 0 amide bonds. The summed E-state index contributed by atoms with van der Waals surface area (Å²) in [5, 5.41) is 12.4. The van der Waals surface area contributed by atoms with Crippen LogP contribution in [0.15, 0.2) is 11.4 Å². The van der Waals surface area contributed by atoms with E-state index in [1.165, 1.54) is 12.8 Å². The van der Waals surface area contributed by atoms with Crippen molar-refractivity contribution in [2.75, 3.05) is 0 Å². The fourth-order valence-electron chi connectivity index (χ4n) is 1.48. The molecule has 1 aliphatic rings. The third-order valence-corrected chi connectivity index (χ3v) is 3.40. The highest BCUT2D eigenvalue weighted by Gasteiger charge is 2.25. The zero-order chi connectivity index (χ0) is 10.1. The van der Waals surface area contributed by atoms with Gasteiger partial charge in [0, 0.05) is 17.5 Å². The quantitative estimate of drug-likeness (QED) is 0.658. The molecular weight excluding hydrogens is 236 g/mol. The molecule has 1 saturated carbocycles. The SMILES string of the molecule is Cl.N[C@H](CC1CC1)c1csc([N+](=O)[O-])c1. The van der Waals surface area contributed by atoms with Gasteiger partial charge in [0.2, 0.25) is 0 Å². The van der Waals surface area contributed by atoms with Crippen LogP contribution in [0.1, 0.15) is 30.9 Å². The summed E-state index contributed by atoms with van der Waals surface area (Å²) in [6.07, 6.45) is 3.49. The molecule has 15 heavy (non-hydrogen) atoms. The lowest BCUT2D eigenvalue weighted by molar-refractivity contribution is -0.380. The maximum atomic E-state index is 10.4. The first-order chi connectivity index (χ1) is 6.66. The second kappa shape index (κ2) is 4.92. The van der Waals surface area contributed by atoms with E-state index >= 15 is 0 Å². The highest BCUT2D eigenvalue weighted by Crippen LogP contribution is 2.38. The largest absolute Gasteiger partial charge is 0.324 e. The molecule has 0 saturated heterocycles. The molecule has 1 atom stereocenters. The van der Waals surface area contributed by atoms with Crippen molar-refractivity contribution in [1.82, 2.24) is 0 Å². The second-order valence-electron chi connectivity index (χ2n) is 3.76. The van der Waals surface area contributed by atoms with Crippen LogP contribution in [0.3, 0.4) is 0 Å². The fraction of sp³-hybridized carbons (Fsp3) is 0.556. The Bertz CT molecular complexity index is 352. The number of hydrogen-bond acceptors (Lipinski definition) is 4. The van der Waals surface area contributed by atoms with E-state index < -0.39 is 0 Å². The van der Waals surface area contributed by atoms with Crippen LogP contribution >= 0.6 is 23.7 Å². The Balaban J connectivity index is 0.00000112. The van der Waals surface area contributed by atoms with Crippen LogP contribution in [0.2, 0.25) is 0 Å². The Kier molecular flexibility index (Phi) is 4.07. The number of hydrogen-bond donors (Lipinski definition) is 1. The third-order valence-electron chi connectivity index (χ3n) is 2.50. The lowest BCUT2D eigenvalue weighted by Gasteiger charge is -2.07. The zero-order valence-corrected chi connectivity index (χ0v) is 9.72. The molecule has 0 spiro atoms. The molecule has 0 aliphatic heterocycles. The average Bonchev–Trinajstić information content (AvgIpc) is 2.81. The van der Waals surface area contributed by atoms with E-state index in [0.29, 0.717) is 0 Å². The molecule has 1 aromatic heterocycles. The lowest BCUT2D eigenvalue weighted by atomic mass is 10.1. The Hall–Kier alpha value is -0.650. The van der Waals surface area contributed by atoms with E-state index in [0.717, 1.165) is 29.2 Å². The van der Waals surface area contributed by atoms with Crippen molar-refractivity contribution in [2.45, 2.75) is 25.3 Å². The number of thiophene rings is 1. The maximum absolute atomic E-state index is 10.4. The molecule has 6 heteroatoms. The average molecular weight is 249 g/mol. The molecule has 1 aliphatic carbocycles. The minimum atomic E-state index is -0.363. The van der Waals surface area contributed by atoms with E-state index in [-0.39, 0.29) is 28.4 Å². The number of halogens is 1. The highest BCUT2D eigenvalue weighted by molar-refractivity contribution is 7.13. The third kappa shape index (κ3) is 3.15. The molecule has 2 N–H and O–H groups in total. The van der Waals surface area contributed by atoms with Gasteiger partial charge in [-0.15, -0.1) is 12.4 Å². The van der Waals surface area contributed by atoms with E-state index in [1.807, 2.05) is 0 Å². The molecular formula is C9H13ClN2O2S. The van der Waals surface area contributed by atoms with Crippen molar-refractivity contribution >= 4 is 28.7 Å². The summed E-state index contributed by atoms with van der Waals surface area (Å²) in [5.41, 5.74) is 6.84. The molecule has 4 nitrogen and oxygen atoms in total. The summed E-state index contributed by atoms with van der Waals surface area (Å²) in [5.74, 6) is 0.754. The summed E-state index contributed by atoms with van der Waals surface area (Å²) in [7, 11) is 0. The first-order valence-electron chi connectivity index (χ1n) is 4.65. The van der Waals surface area contributed by atoms with Crippen molar-refractivity contribution in [3.8, 4) is 0 Å². The maximum Gasteiger partial charge on any atom is 0.324 e. The molecule has 1 heterocycles. The van der Waals surface area contributed by atoms with Crippen LogP contribution in [0.5, 0.6) is 0 Å². The summed E-state index contributed by atoms with van der Waals surface area (Å²) >= 11 is 1.15. The summed E-state index contributed by atoms with van der Waals surface area (Å²) in [4.78, 5) is 10.1. The van der Waals surface area contributed by atoms with Crippen LogP contribution in [0, 0.1) is 16.0 Å². The van der Waals surface area contributed by atoms with E-state index in [4.69, 9.17) is 5.73 Å². The molecule has 0 aromatic carbocycles. The molecule has 1 aromatic rings. The standard InChI is InChI=1S/C9H12N2O2S.ClH/c10-8(3-6-1-2-6)7-4-9(11(12)13)14-5-7;/h4-6,8H,1-3,10H2;1H/t8-;/m1./s1. The molecule has 0 radical (unpaired) electrons. The Morgan fingerprint density at radius 3 is 2.80 bits per heavy atom. The zero-order valence-electron chi connectivity index (χ0n) is 8.09. The van der Waals surface area contributed by atoms with Crippen LogP contribution in [-0.4, -0.2) is 4.92 Å². The smallest absolute Gasteiger partial charge is 0.324 e.